The van der Waals surface area contributed by atoms with Crippen molar-refractivity contribution in [3.8, 4) is 0 Å². The average molecular weight is 294 g/mol. The molecule has 1 aliphatic rings. The fraction of sp³-hybridized carbons (Fsp3) is 0.600. The van der Waals surface area contributed by atoms with Gasteiger partial charge in [-0.2, -0.15) is 0 Å². The van der Waals surface area contributed by atoms with Crippen LogP contribution >= 0.6 is 0 Å². The summed E-state index contributed by atoms with van der Waals surface area (Å²) in [7, 11) is 0. The van der Waals surface area contributed by atoms with Crippen molar-refractivity contribution in [2.45, 2.75) is 32.7 Å². The Morgan fingerprint density at radius 2 is 2.33 bits per heavy atom. The Hall–Kier alpha value is -1.82. The number of carboxylic acids is 1. The zero-order chi connectivity index (χ0) is 15.2. The second kappa shape index (κ2) is 7.26. The lowest BCUT2D eigenvalue weighted by Crippen LogP contribution is -2.35. The molecule has 2 heterocycles. The summed E-state index contributed by atoms with van der Waals surface area (Å²) < 4.78 is 5.09. The molecule has 3 N–H and O–H groups in total. The van der Waals surface area contributed by atoms with Gasteiger partial charge in [0, 0.05) is 6.42 Å². The van der Waals surface area contributed by atoms with Crippen LogP contribution in [0.4, 0.5) is 0 Å². The van der Waals surface area contributed by atoms with Gasteiger partial charge in [-0.05, 0) is 49.9 Å². The minimum atomic E-state index is -1.11. The zero-order valence-corrected chi connectivity index (χ0v) is 12.2. The number of carboxylic acid groups (broad SMARTS) is 1. The highest BCUT2D eigenvalue weighted by atomic mass is 16.4. The minimum Gasteiger partial charge on any atom is -0.475 e. The molecule has 1 aromatic rings. The molecular formula is C15H22N2O4. The van der Waals surface area contributed by atoms with Crippen LogP contribution in [0.1, 0.15) is 42.5 Å². The van der Waals surface area contributed by atoms with Crippen LogP contribution in [0.5, 0.6) is 0 Å². The number of piperidine rings is 1. The van der Waals surface area contributed by atoms with E-state index in [-0.39, 0.29) is 18.2 Å². The van der Waals surface area contributed by atoms with Gasteiger partial charge in [-0.3, -0.25) is 4.79 Å². The Morgan fingerprint density at radius 3 is 2.95 bits per heavy atom. The second-order valence-corrected chi connectivity index (χ2v) is 5.64. The summed E-state index contributed by atoms with van der Waals surface area (Å²) in [5.74, 6) is 0.0942. The number of nitrogens with one attached hydrogen (secondary N) is 2. The van der Waals surface area contributed by atoms with Gasteiger partial charge < -0.3 is 20.2 Å². The van der Waals surface area contributed by atoms with Gasteiger partial charge in [0.2, 0.25) is 11.7 Å². The van der Waals surface area contributed by atoms with Gasteiger partial charge in [0.25, 0.3) is 0 Å². The summed E-state index contributed by atoms with van der Waals surface area (Å²) >= 11 is 0. The van der Waals surface area contributed by atoms with E-state index in [0.717, 1.165) is 13.1 Å². The molecule has 2 rings (SSSR count). The fourth-order valence-corrected chi connectivity index (χ4v) is 2.67. The van der Waals surface area contributed by atoms with Crippen molar-refractivity contribution in [3.05, 3.63) is 23.7 Å². The van der Waals surface area contributed by atoms with E-state index in [4.69, 9.17) is 9.52 Å². The molecule has 2 atom stereocenters. The van der Waals surface area contributed by atoms with Gasteiger partial charge in [-0.1, -0.05) is 6.92 Å². The van der Waals surface area contributed by atoms with Crippen LogP contribution < -0.4 is 10.6 Å². The molecule has 116 valence electrons. The van der Waals surface area contributed by atoms with E-state index < -0.39 is 5.97 Å². The minimum absolute atomic E-state index is 0.0265. The first-order chi connectivity index (χ1) is 10.1. The van der Waals surface area contributed by atoms with Gasteiger partial charge in [0.1, 0.15) is 5.76 Å². The van der Waals surface area contributed by atoms with Gasteiger partial charge in [-0.15, -0.1) is 0 Å². The van der Waals surface area contributed by atoms with Crippen LogP contribution in [-0.2, 0) is 11.3 Å². The van der Waals surface area contributed by atoms with Crippen LogP contribution in [-0.4, -0.2) is 30.1 Å². The van der Waals surface area contributed by atoms with Crippen LogP contribution in [0, 0.1) is 11.8 Å². The van der Waals surface area contributed by atoms with Gasteiger partial charge in [0.05, 0.1) is 6.54 Å². The van der Waals surface area contributed by atoms with E-state index in [1.54, 1.807) is 6.07 Å². The molecule has 0 spiro atoms. The standard InChI is InChI=1S/C15H22N2O4/c1-10(11-3-2-6-16-8-11)7-14(18)17-9-12-4-5-13(21-12)15(19)20/h4-5,10-11,16H,2-3,6-9H2,1H3,(H,17,18)(H,19,20). The van der Waals surface area contributed by atoms with E-state index in [2.05, 4.69) is 17.6 Å². The van der Waals surface area contributed by atoms with Crippen LogP contribution in [0.25, 0.3) is 0 Å². The lowest BCUT2D eigenvalue weighted by atomic mass is 9.85. The van der Waals surface area contributed by atoms with E-state index in [0.29, 0.717) is 24.0 Å². The van der Waals surface area contributed by atoms with Crippen LogP contribution in [0.2, 0.25) is 0 Å². The first-order valence-electron chi connectivity index (χ1n) is 7.35. The lowest BCUT2D eigenvalue weighted by Gasteiger charge is -2.27. The second-order valence-electron chi connectivity index (χ2n) is 5.64. The third kappa shape index (κ3) is 4.60. The van der Waals surface area contributed by atoms with Crippen molar-refractivity contribution in [1.29, 1.82) is 0 Å². The summed E-state index contributed by atoms with van der Waals surface area (Å²) in [4.78, 5) is 22.6. The molecule has 0 aliphatic carbocycles. The molecular weight excluding hydrogens is 272 g/mol. The van der Waals surface area contributed by atoms with Crippen molar-refractivity contribution in [2.75, 3.05) is 13.1 Å². The number of carbonyl (C=O) groups is 2. The number of amides is 1. The molecule has 2 unspecified atom stereocenters. The largest absolute Gasteiger partial charge is 0.475 e. The Morgan fingerprint density at radius 1 is 1.52 bits per heavy atom. The molecule has 0 saturated carbocycles. The highest BCUT2D eigenvalue weighted by Crippen LogP contribution is 2.22. The number of furan rings is 1. The van der Waals surface area contributed by atoms with Gasteiger partial charge in [-0.25, -0.2) is 4.79 Å². The van der Waals surface area contributed by atoms with Crippen molar-refractivity contribution >= 4 is 11.9 Å². The Kier molecular flexibility index (Phi) is 5.38. The maximum Gasteiger partial charge on any atom is 0.371 e. The highest BCUT2D eigenvalue weighted by molar-refractivity contribution is 5.84. The third-order valence-corrected chi connectivity index (χ3v) is 3.98. The Balaban J connectivity index is 1.74. The van der Waals surface area contributed by atoms with Crippen molar-refractivity contribution in [3.63, 3.8) is 0 Å². The highest BCUT2D eigenvalue weighted by Gasteiger charge is 2.22. The number of carbonyl (C=O) groups excluding carboxylic acids is 1. The van der Waals surface area contributed by atoms with Crippen molar-refractivity contribution < 1.29 is 19.1 Å². The SMILES string of the molecule is CC(CC(=O)NCc1ccc(C(=O)O)o1)C1CCCNC1. The summed E-state index contributed by atoms with van der Waals surface area (Å²) in [5, 5.41) is 14.9. The smallest absolute Gasteiger partial charge is 0.371 e. The zero-order valence-electron chi connectivity index (χ0n) is 12.2. The predicted octanol–water partition coefficient (Wildman–Crippen LogP) is 1.62. The fourth-order valence-electron chi connectivity index (χ4n) is 2.67. The molecule has 1 aliphatic heterocycles. The van der Waals surface area contributed by atoms with Crippen LogP contribution in [0.3, 0.4) is 0 Å². The quantitative estimate of drug-likeness (QED) is 0.741. The third-order valence-electron chi connectivity index (χ3n) is 3.98. The Labute approximate surface area is 123 Å². The van der Waals surface area contributed by atoms with E-state index in [1.807, 2.05) is 0 Å². The maximum absolute atomic E-state index is 11.9. The summed E-state index contributed by atoms with van der Waals surface area (Å²) in [6, 6.07) is 2.96. The molecule has 0 radical (unpaired) electrons. The molecule has 1 amide bonds. The molecule has 0 aromatic carbocycles. The normalized spacial score (nSPS) is 20.0. The topological polar surface area (TPSA) is 91.6 Å². The predicted molar refractivity (Wildman–Crippen MR) is 76.9 cm³/mol. The monoisotopic (exact) mass is 294 g/mol. The van der Waals surface area contributed by atoms with E-state index in [1.165, 1.54) is 18.9 Å². The van der Waals surface area contributed by atoms with Crippen molar-refractivity contribution in [2.24, 2.45) is 11.8 Å². The number of rotatable bonds is 6. The lowest BCUT2D eigenvalue weighted by molar-refractivity contribution is -0.122. The number of hydrogen-bond acceptors (Lipinski definition) is 4. The molecule has 0 bridgehead atoms. The molecule has 21 heavy (non-hydrogen) atoms. The Bertz CT molecular complexity index is 492. The van der Waals surface area contributed by atoms with Crippen molar-refractivity contribution in [1.82, 2.24) is 10.6 Å². The summed E-state index contributed by atoms with van der Waals surface area (Å²) in [6.07, 6.45) is 2.82. The molecule has 1 fully saturated rings. The summed E-state index contributed by atoms with van der Waals surface area (Å²) in [5.41, 5.74) is 0. The van der Waals surface area contributed by atoms with E-state index >= 15 is 0 Å². The molecule has 1 saturated heterocycles. The first-order valence-corrected chi connectivity index (χ1v) is 7.35. The first kappa shape index (κ1) is 15.6. The number of hydrogen-bond donors (Lipinski definition) is 3. The van der Waals surface area contributed by atoms with Crippen LogP contribution in [0.15, 0.2) is 16.5 Å². The maximum atomic E-state index is 11.9. The van der Waals surface area contributed by atoms with Gasteiger partial charge in [0.15, 0.2) is 0 Å². The van der Waals surface area contributed by atoms with E-state index in [9.17, 15) is 9.59 Å². The number of aromatic carboxylic acids is 1. The molecule has 6 heteroatoms. The molecule has 6 nitrogen and oxygen atoms in total. The molecule has 1 aromatic heterocycles. The summed E-state index contributed by atoms with van der Waals surface area (Å²) in [6.45, 7) is 4.38. The average Bonchev–Trinajstić information content (AvgIpc) is 2.95. The van der Waals surface area contributed by atoms with Gasteiger partial charge >= 0.3 is 5.97 Å².